The molecule has 1 rings (SSSR count). The van der Waals surface area contributed by atoms with Gasteiger partial charge in [0.05, 0.1) is 6.10 Å². The Balaban J connectivity index is 2.39. The number of rotatable bonds is 5. The molecule has 0 aromatic heterocycles. The third-order valence-corrected chi connectivity index (χ3v) is 2.71. The lowest BCUT2D eigenvalue weighted by Gasteiger charge is -2.32. The molecule has 1 atom stereocenters. The minimum Gasteiger partial charge on any atom is -0.478 e. The standard InChI is InChI=1S/C12H21NO3/c1-3-16-11-5-4-6-13(9-11)8-10(2)7-12(14)15/h7,11H,3-6,8-9H2,1-2H3,(H,14,15). The van der Waals surface area contributed by atoms with Crippen LogP contribution in [0.15, 0.2) is 11.6 Å². The molecule has 1 N–H and O–H groups in total. The van der Waals surface area contributed by atoms with Crippen molar-refractivity contribution >= 4 is 5.97 Å². The summed E-state index contributed by atoms with van der Waals surface area (Å²) in [6.45, 7) is 7.30. The lowest BCUT2D eigenvalue weighted by molar-refractivity contribution is -0.131. The number of hydrogen-bond acceptors (Lipinski definition) is 3. The van der Waals surface area contributed by atoms with E-state index in [4.69, 9.17) is 9.84 Å². The first-order valence-electron chi connectivity index (χ1n) is 5.86. The van der Waals surface area contributed by atoms with Crippen LogP contribution in [0.2, 0.25) is 0 Å². The van der Waals surface area contributed by atoms with Crippen molar-refractivity contribution in [1.29, 1.82) is 0 Å². The van der Waals surface area contributed by atoms with E-state index in [1.807, 2.05) is 13.8 Å². The van der Waals surface area contributed by atoms with Gasteiger partial charge in [0.1, 0.15) is 0 Å². The van der Waals surface area contributed by atoms with E-state index in [2.05, 4.69) is 4.90 Å². The molecule has 1 heterocycles. The number of carboxylic acid groups (broad SMARTS) is 1. The minimum absolute atomic E-state index is 0.316. The Bertz CT molecular complexity index is 261. The van der Waals surface area contributed by atoms with Crippen LogP contribution in [0.5, 0.6) is 0 Å². The van der Waals surface area contributed by atoms with E-state index in [-0.39, 0.29) is 0 Å². The van der Waals surface area contributed by atoms with Gasteiger partial charge in [-0.15, -0.1) is 0 Å². The lowest BCUT2D eigenvalue weighted by atomic mass is 10.1. The van der Waals surface area contributed by atoms with Crippen LogP contribution >= 0.6 is 0 Å². The van der Waals surface area contributed by atoms with E-state index < -0.39 is 5.97 Å². The molecule has 0 bridgehead atoms. The van der Waals surface area contributed by atoms with E-state index in [1.165, 1.54) is 6.08 Å². The minimum atomic E-state index is -0.865. The molecule has 16 heavy (non-hydrogen) atoms. The van der Waals surface area contributed by atoms with Crippen LogP contribution in [0, 0.1) is 0 Å². The van der Waals surface area contributed by atoms with Crippen molar-refractivity contribution in [2.24, 2.45) is 0 Å². The Hall–Kier alpha value is -0.870. The largest absolute Gasteiger partial charge is 0.478 e. The summed E-state index contributed by atoms with van der Waals surface area (Å²) in [7, 11) is 0. The molecule has 1 fully saturated rings. The highest BCUT2D eigenvalue weighted by Crippen LogP contribution is 2.14. The van der Waals surface area contributed by atoms with Gasteiger partial charge in [0.15, 0.2) is 0 Å². The van der Waals surface area contributed by atoms with Crippen molar-refractivity contribution < 1.29 is 14.6 Å². The number of aliphatic carboxylic acids is 1. The molecule has 0 radical (unpaired) electrons. The molecule has 0 saturated carbocycles. The van der Waals surface area contributed by atoms with Crippen LogP contribution in [0.3, 0.4) is 0 Å². The van der Waals surface area contributed by atoms with Crippen LogP contribution < -0.4 is 0 Å². The molecule has 1 aliphatic heterocycles. The Kier molecular flexibility index (Phi) is 5.49. The van der Waals surface area contributed by atoms with Gasteiger partial charge in [0.2, 0.25) is 0 Å². The molecule has 4 nitrogen and oxygen atoms in total. The molecule has 0 aromatic carbocycles. The van der Waals surface area contributed by atoms with Gasteiger partial charge in [0.25, 0.3) is 0 Å². The van der Waals surface area contributed by atoms with Gasteiger partial charge in [-0.25, -0.2) is 4.79 Å². The van der Waals surface area contributed by atoms with Crippen molar-refractivity contribution in [3.8, 4) is 0 Å². The zero-order chi connectivity index (χ0) is 12.0. The van der Waals surface area contributed by atoms with Crippen LogP contribution in [-0.4, -0.2) is 48.3 Å². The number of nitrogens with zero attached hydrogens (tertiary/aromatic N) is 1. The molecular formula is C12H21NO3. The van der Waals surface area contributed by atoms with Crippen LogP contribution in [-0.2, 0) is 9.53 Å². The van der Waals surface area contributed by atoms with E-state index in [1.54, 1.807) is 0 Å². The maximum atomic E-state index is 10.5. The van der Waals surface area contributed by atoms with Crippen LogP contribution in [0.4, 0.5) is 0 Å². The highest BCUT2D eigenvalue weighted by Gasteiger charge is 2.19. The van der Waals surface area contributed by atoms with Gasteiger partial charge >= 0.3 is 5.97 Å². The van der Waals surface area contributed by atoms with Gasteiger partial charge in [-0.1, -0.05) is 5.57 Å². The second kappa shape index (κ2) is 6.66. The lowest BCUT2D eigenvalue weighted by Crippen LogP contribution is -2.40. The number of hydrogen-bond donors (Lipinski definition) is 1. The summed E-state index contributed by atoms with van der Waals surface area (Å²) >= 11 is 0. The maximum absolute atomic E-state index is 10.5. The summed E-state index contributed by atoms with van der Waals surface area (Å²) < 4.78 is 5.60. The van der Waals surface area contributed by atoms with Crippen LogP contribution in [0.1, 0.15) is 26.7 Å². The fraction of sp³-hybridized carbons (Fsp3) is 0.750. The first kappa shape index (κ1) is 13.2. The van der Waals surface area contributed by atoms with Gasteiger partial charge in [-0.2, -0.15) is 0 Å². The molecule has 1 aliphatic rings. The molecule has 1 unspecified atom stereocenters. The number of likely N-dealkylation sites (tertiary alicyclic amines) is 1. The molecule has 92 valence electrons. The highest BCUT2D eigenvalue weighted by atomic mass is 16.5. The van der Waals surface area contributed by atoms with E-state index in [0.29, 0.717) is 6.10 Å². The Morgan fingerprint density at radius 3 is 3.00 bits per heavy atom. The number of carboxylic acids is 1. The van der Waals surface area contributed by atoms with Gasteiger partial charge in [-0.3, -0.25) is 4.90 Å². The third-order valence-electron chi connectivity index (χ3n) is 2.71. The summed E-state index contributed by atoms with van der Waals surface area (Å²) in [5.41, 5.74) is 0.893. The zero-order valence-electron chi connectivity index (χ0n) is 10.1. The fourth-order valence-electron chi connectivity index (χ4n) is 2.14. The van der Waals surface area contributed by atoms with Gasteiger partial charge in [-0.05, 0) is 33.2 Å². The second-order valence-corrected chi connectivity index (χ2v) is 4.28. The first-order chi connectivity index (χ1) is 7.61. The average Bonchev–Trinajstić information content (AvgIpc) is 2.17. The maximum Gasteiger partial charge on any atom is 0.328 e. The molecule has 0 aromatic rings. The predicted octanol–water partition coefficient (Wildman–Crippen LogP) is 1.52. The molecule has 0 aliphatic carbocycles. The van der Waals surface area contributed by atoms with E-state index in [0.717, 1.165) is 44.7 Å². The summed E-state index contributed by atoms with van der Waals surface area (Å²) in [4.78, 5) is 12.8. The summed E-state index contributed by atoms with van der Waals surface area (Å²) in [6.07, 6.45) is 3.85. The Morgan fingerprint density at radius 1 is 1.62 bits per heavy atom. The quantitative estimate of drug-likeness (QED) is 0.723. The molecule has 4 heteroatoms. The fourth-order valence-corrected chi connectivity index (χ4v) is 2.14. The van der Waals surface area contributed by atoms with Gasteiger partial charge in [0, 0.05) is 25.8 Å². The van der Waals surface area contributed by atoms with Gasteiger partial charge < -0.3 is 9.84 Å². The van der Waals surface area contributed by atoms with Crippen molar-refractivity contribution in [3.05, 3.63) is 11.6 Å². The number of ether oxygens (including phenoxy) is 1. The second-order valence-electron chi connectivity index (χ2n) is 4.28. The van der Waals surface area contributed by atoms with Crippen molar-refractivity contribution in [1.82, 2.24) is 4.90 Å². The monoisotopic (exact) mass is 227 g/mol. The SMILES string of the molecule is CCOC1CCCN(CC(C)=CC(=O)O)C1. The average molecular weight is 227 g/mol. The molecule has 0 amide bonds. The Labute approximate surface area is 96.9 Å². The summed E-state index contributed by atoms with van der Waals surface area (Å²) in [5.74, 6) is -0.865. The van der Waals surface area contributed by atoms with Crippen molar-refractivity contribution in [3.63, 3.8) is 0 Å². The van der Waals surface area contributed by atoms with E-state index in [9.17, 15) is 4.79 Å². The molecule has 0 spiro atoms. The predicted molar refractivity (Wildman–Crippen MR) is 62.5 cm³/mol. The topological polar surface area (TPSA) is 49.8 Å². The molecule has 1 saturated heterocycles. The summed E-state index contributed by atoms with van der Waals surface area (Å²) in [5, 5.41) is 8.63. The molecular weight excluding hydrogens is 206 g/mol. The zero-order valence-corrected chi connectivity index (χ0v) is 10.1. The van der Waals surface area contributed by atoms with Crippen LogP contribution in [0.25, 0.3) is 0 Å². The number of carbonyl (C=O) groups is 1. The summed E-state index contributed by atoms with van der Waals surface area (Å²) in [6, 6.07) is 0. The first-order valence-corrected chi connectivity index (χ1v) is 5.86. The number of piperidine rings is 1. The highest BCUT2D eigenvalue weighted by molar-refractivity contribution is 5.80. The van der Waals surface area contributed by atoms with Crippen molar-refractivity contribution in [2.45, 2.75) is 32.8 Å². The normalized spacial score (nSPS) is 23.4. The Morgan fingerprint density at radius 2 is 2.38 bits per heavy atom. The van der Waals surface area contributed by atoms with Crippen molar-refractivity contribution in [2.75, 3.05) is 26.2 Å². The smallest absolute Gasteiger partial charge is 0.328 e. The van der Waals surface area contributed by atoms with E-state index >= 15 is 0 Å². The third kappa shape index (κ3) is 4.77.